The third-order valence-corrected chi connectivity index (χ3v) is 1.64. The first-order valence-corrected chi connectivity index (χ1v) is 4.63. The van der Waals surface area contributed by atoms with Crippen LogP contribution in [0.2, 0.25) is 0 Å². The minimum Gasteiger partial charge on any atom is -0.314 e. The molecule has 0 atom stereocenters. The van der Waals surface area contributed by atoms with E-state index in [9.17, 15) is 18.0 Å². The Balaban J connectivity index is 3.47. The van der Waals surface area contributed by atoms with E-state index in [4.69, 9.17) is 0 Å². The summed E-state index contributed by atoms with van der Waals surface area (Å²) in [5.41, 5.74) is 0. The summed E-state index contributed by atoms with van der Waals surface area (Å²) in [5, 5.41) is 2.97. The molecule has 0 aliphatic heterocycles. The van der Waals surface area contributed by atoms with E-state index in [1.807, 2.05) is 13.8 Å². The standard InChI is InChI=1S/C9H16F3NO/c1-7(2)13-6-4-8(14)3-5-9(10,11)12/h7,13H,3-6H2,1-2H3. The number of halogens is 3. The number of rotatable bonds is 6. The van der Waals surface area contributed by atoms with Gasteiger partial charge < -0.3 is 5.32 Å². The summed E-state index contributed by atoms with van der Waals surface area (Å²) < 4.78 is 35.1. The molecule has 0 spiro atoms. The van der Waals surface area contributed by atoms with E-state index in [0.29, 0.717) is 6.54 Å². The lowest BCUT2D eigenvalue weighted by Gasteiger charge is -2.08. The van der Waals surface area contributed by atoms with Gasteiger partial charge in [-0.15, -0.1) is 0 Å². The summed E-state index contributed by atoms with van der Waals surface area (Å²) in [6.07, 6.45) is -5.45. The van der Waals surface area contributed by atoms with E-state index < -0.39 is 19.0 Å². The second-order valence-electron chi connectivity index (χ2n) is 3.51. The number of ketones is 1. The highest BCUT2D eigenvalue weighted by Crippen LogP contribution is 2.21. The van der Waals surface area contributed by atoms with Crippen LogP contribution >= 0.6 is 0 Å². The lowest BCUT2D eigenvalue weighted by Crippen LogP contribution is -2.25. The van der Waals surface area contributed by atoms with Crippen LogP contribution in [0.1, 0.15) is 33.1 Å². The molecule has 5 heteroatoms. The predicted octanol–water partition coefficient (Wildman–Crippen LogP) is 2.29. The molecule has 0 heterocycles. The van der Waals surface area contributed by atoms with Crippen molar-refractivity contribution in [2.24, 2.45) is 0 Å². The van der Waals surface area contributed by atoms with Crippen molar-refractivity contribution in [3.8, 4) is 0 Å². The van der Waals surface area contributed by atoms with E-state index in [2.05, 4.69) is 5.32 Å². The molecule has 0 aromatic rings. The van der Waals surface area contributed by atoms with Crippen molar-refractivity contribution in [3.63, 3.8) is 0 Å². The van der Waals surface area contributed by atoms with Gasteiger partial charge in [-0.05, 0) is 0 Å². The molecule has 0 aromatic carbocycles. The van der Waals surface area contributed by atoms with E-state index in [0.717, 1.165) is 0 Å². The molecule has 0 aliphatic carbocycles. The van der Waals surface area contributed by atoms with Crippen LogP contribution in [-0.2, 0) is 4.79 Å². The van der Waals surface area contributed by atoms with Gasteiger partial charge in [-0.3, -0.25) is 4.79 Å². The first-order valence-electron chi connectivity index (χ1n) is 4.63. The fourth-order valence-corrected chi connectivity index (χ4v) is 0.906. The Hall–Kier alpha value is -0.580. The first kappa shape index (κ1) is 13.4. The molecule has 84 valence electrons. The van der Waals surface area contributed by atoms with Crippen molar-refractivity contribution in [3.05, 3.63) is 0 Å². The van der Waals surface area contributed by atoms with Crippen LogP contribution < -0.4 is 5.32 Å². The van der Waals surface area contributed by atoms with Gasteiger partial charge in [-0.25, -0.2) is 0 Å². The summed E-state index contributed by atoms with van der Waals surface area (Å²) in [6, 6.07) is 0.255. The number of carbonyl (C=O) groups excluding carboxylic acids is 1. The van der Waals surface area contributed by atoms with Gasteiger partial charge in [-0.2, -0.15) is 13.2 Å². The van der Waals surface area contributed by atoms with Crippen LogP contribution in [0, 0.1) is 0 Å². The molecule has 0 unspecified atom stereocenters. The number of Topliss-reactive ketones (excluding diaryl/α,β-unsaturated/α-hetero) is 1. The zero-order chi connectivity index (χ0) is 11.2. The molecule has 1 N–H and O–H groups in total. The number of hydrogen-bond acceptors (Lipinski definition) is 2. The third kappa shape index (κ3) is 9.51. The molecular weight excluding hydrogens is 195 g/mol. The average molecular weight is 211 g/mol. The van der Waals surface area contributed by atoms with E-state index in [-0.39, 0.29) is 18.2 Å². The molecule has 0 amide bonds. The Morgan fingerprint density at radius 1 is 1.29 bits per heavy atom. The van der Waals surface area contributed by atoms with E-state index in [1.165, 1.54) is 0 Å². The average Bonchev–Trinajstić information content (AvgIpc) is 1.99. The lowest BCUT2D eigenvalue weighted by molar-refractivity contribution is -0.143. The van der Waals surface area contributed by atoms with Crippen LogP contribution in [0.15, 0.2) is 0 Å². The first-order chi connectivity index (χ1) is 6.31. The highest BCUT2D eigenvalue weighted by Gasteiger charge is 2.27. The molecule has 0 rings (SSSR count). The molecular formula is C9H16F3NO. The van der Waals surface area contributed by atoms with Crippen LogP contribution in [0.3, 0.4) is 0 Å². The zero-order valence-corrected chi connectivity index (χ0v) is 8.45. The van der Waals surface area contributed by atoms with Gasteiger partial charge in [0.15, 0.2) is 0 Å². The maximum absolute atomic E-state index is 11.7. The Bertz CT molecular complexity index is 177. The van der Waals surface area contributed by atoms with Crippen molar-refractivity contribution in [1.82, 2.24) is 5.32 Å². The van der Waals surface area contributed by atoms with E-state index in [1.54, 1.807) is 0 Å². The Morgan fingerprint density at radius 2 is 1.86 bits per heavy atom. The van der Waals surface area contributed by atoms with Crippen molar-refractivity contribution < 1.29 is 18.0 Å². The van der Waals surface area contributed by atoms with Crippen LogP contribution in [-0.4, -0.2) is 24.5 Å². The zero-order valence-electron chi connectivity index (χ0n) is 8.45. The van der Waals surface area contributed by atoms with Crippen LogP contribution in [0.25, 0.3) is 0 Å². The van der Waals surface area contributed by atoms with Crippen molar-refractivity contribution in [2.45, 2.75) is 45.3 Å². The van der Waals surface area contributed by atoms with Gasteiger partial charge in [0.25, 0.3) is 0 Å². The molecule has 0 bridgehead atoms. The highest BCUT2D eigenvalue weighted by molar-refractivity contribution is 5.78. The van der Waals surface area contributed by atoms with Gasteiger partial charge >= 0.3 is 6.18 Å². The Morgan fingerprint density at radius 3 is 2.29 bits per heavy atom. The predicted molar refractivity (Wildman–Crippen MR) is 48.1 cm³/mol. The number of hydrogen-bond donors (Lipinski definition) is 1. The molecule has 0 radical (unpaired) electrons. The molecule has 0 aliphatic rings. The fraction of sp³-hybridized carbons (Fsp3) is 0.889. The molecule has 0 fully saturated rings. The van der Waals surface area contributed by atoms with Crippen molar-refractivity contribution in [2.75, 3.05) is 6.54 Å². The van der Waals surface area contributed by atoms with Crippen LogP contribution in [0.5, 0.6) is 0 Å². The third-order valence-electron chi connectivity index (χ3n) is 1.64. The number of carbonyl (C=O) groups is 1. The van der Waals surface area contributed by atoms with E-state index >= 15 is 0 Å². The topological polar surface area (TPSA) is 29.1 Å². The monoisotopic (exact) mass is 211 g/mol. The lowest BCUT2D eigenvalue weighted by atomic mass is 10.1. The van der Waals surface area contributed by atoms with Crippen molar-refractivity contribution >= 4 is 5.78 Å². The van der Waals surface area contributed by atoms with Gasteiger partial charge in [0, 0.05) is 25.4 Å². The maximum atomic E-state index is 11.7. The molecule has 0 aromatic heterocycles. The molecule has 0 saturated carbocycles. The molecule has 2 nitrogen and oxygen atoms in total. The van der Waals surface area contributed by atoms with Gasteiger partial charge in [-0.1, -0.05) is 13.8 Å². The van der Waals surface area contributed by atoms with Gasteiger partial charge in [0.05, 0.1) is 6.42 Å². The number of nitrogens with one attached hydrogen (secondary N) is 1. The Kier molecular flexibility index (Phi) is 5.76. The minimum absolute atomic E-state index is 0.175. The summed E-state index contributed by atoms with van der Waals surface area (Å²) >= 11 is 0. The second kappa shape index (κ2) is 6.01. The maximum Gasteiger partial charge on any atom is 0.389 e. The molecule has 0 saturated heterocycles. The van der Waals surface area contributed by atoms with Crippen LogP contribution in [0.4, 0.5) is 13.2 Å². The van der Waals surface area contributed by atoms with Gasteiger partial charge in [0.2, 0.25) is 0 Å². The Labute approximate surface area is 81.9 Å². The van der Waals surface area contributed by atoms with Gasteiger partial charge in [0.1, 0.15) is 5.78 Å². The molecule has 14 heavy (non-hydrogen) atoms. The second-order valence-corrected chi connectivity index (χ2v) is 3.51. The highest BCUT2D eigenvalue weighted by atomic mass is 19.4. The number of alkyl halides is 3. The quantitative estimate of drug-likeness (QED) is 0.730. The summed E-state index contributed by atoms with van der Waals surface area (Å²) in [4.78, 5) is 10.9. The van der Waals surface area contributed by atoms with Crippen molar-refractivity contribution in [1.29, 1.82) is 0 Å². The minimum atomic E-state index is -4.22. The SMILES string of the molecule is CC(C)NCCC(=O)CCC(F)(F)F. The summed E-state index contributed by atoms with van der Waals surface area (Å²) in [5.74, 6) is -0.338. The smallest absolute Gasteiger partial charge is 0.314 e. The summed E-state index contributed by atoms with van der Waals surface area (Å²) in [6.45, 7) is 4.29. The summed E-state index contributed by atoms with van der Waals surface area (Å²) in [7, 11) is 0. The largest absolute Gasteiger partial charge is 0.389 e. The normalized spacial score (nSPS) is 12.1. The fourth-order valence-electron chi connectivity index (χ4n) is 0.906.